The van der Waals surface area contributed by atoms with Gasteiger partial charge in [-0.2, -0.15) is 5.10 Å². The Morgan fingerprint density at radius 2 is 2.12 bits per heavy atom. The first-order valence-corrected chi connectivity index (χ1v) is 5.37. The van der Waals surface area contributed by atoms with E-state index in [4.69, 9.17) is 17.3 Å². The molecule has 0 saturated carbocycles. The van der Waals surface area contributed by atoms with E-state index in [1.165, 1.54) is 12.1 Å². The minimum absolute atomic E-state index is 0.324. The predicted molar refractivity (Wildman–Crippen MR) is 67.1 cm³/mol. The molecule has 0 spiro atoms. The zero-order chi connectivity index (χ0) is 12.6. The quantitative estimate of drug-likeness (QED) is 0.866. The first-order chi connectivity index (χ1) is 7.97. The second kappa shape index (κ2) is 4.25. The van der Waals surface area contributed by atoms with Crippen LogP contribution in [0.2, 0.25) is 5.02 Å². The standard InChI is InChI=1S/C11H12ClFN4/c1-6-10(14)11(17(2)16-6)15-9-4-7(12)3-8(13)5-9/h3-5,15H,14H2,1-2H3. The van der Waals surface area contributed by atoms with Crippen molar-refractivity contribution in [3.63, 3.8) is 0 Å². The van der Waals surface area contributed by atoms with E-state index in [2.05, 4.69) is 10.4 Å². The zero-order valence-corrected chi connectivity index (χ0v) is 10.2. The minimum atomic E-state index is -0.405. The molecule has 2 aromatic rings. The molecular weight excluding hydrogens is 243 g/mol. The van der Waals surface area contributed by atoms with Gasteiger partial charge in [0, 0.05) is 17.8 Å². The first-order valence-electron chi connectivity index (χ1n) is 4.99. The summed E-state index contributed by atoms with van der Waals surface area (Å²) < 4.78 is 14.8. The summed E-state index contributed by atoms with van der Waals surface area (Å²) in [6.45, 7) is 1.80. The number of nitrogens with one attached hydrogen (secondary N) is 1. The van der Waals surface area contributed by atoms with Crippen LogP contribution in [0.1, 0.15) is 5.69 Å². The summed E-state index contributed by atoms with van der Waals surface area (Å²) in [5, 5.41) is 7.47. The molecule has 1 aromatic carbocycles. The van der Waals surface area contributed by atoms with Crippen molar-refractivity contribution in [2.24, 2.45) is 7.05 Å². The van der Waals surface area contributed by atoms with Gasteiger partial charge in [-0.3, -0.25) is 4.68 Å². The van der Waals surface area contributed by atoms with E-state index in [-0.39, 0.29) is 0 Å². The van der Waals surface area contributed by atoms with E-state index in [0.29, 0.717) is 22.2 Å². The number of benzene rings is 1. The number of rotatable bonds is 2. The monoisotopic (exact) mass is 254 g/mol. The third kappa shape index (κ3) is 2.34. The van der Waals surface area contributed by atoms with Crippen LogP contribution in [-0.4, -0.2) is 9.78 Å². The highest BCUT2D eigenvalue weighted by Gasteiger charge is 2.10. The predicted octanol–water partition coefficient (Wildman–Crippen LogP) is 2.85. The van der Waals surface area contributed by atoms with Gasteiger partial charge in [0.05, 0.1) is 11.4 Å². The molecule has 0 atom stereocenters. The highest BCUT2D eigenvalue weighted by Crippen LogP contribution is 2.27. The van der Waals surface area contributed by atoms with Crippen LogP contribution in [0.15, 0.2) is 18.2 Å². The first kappa shape index (κ1) is 11.7. The molecule has 1 heterocycles. The number of aromatic nitrogens is 2. The highest BCUT2D eigenvalue weighted by atomic mass is 35.5. The molecule has 0 radical (unpaired) electrons. The summed E-state index contributed by atoms with van der Waals surface area (Å²) in [5.41, 5.74) is 7.64. The molecule has 0 bridgehead atoms. The van der Waals surface area contributed by atoms with Gasteiger partial charge in [-0.25, -0.2) is 4.39 Å². The van der Waals surface area contributed by atoms with E-state index >= 15 is 0 Å². The molecular formula is C11H12ClFN4. The molecule has 2 rings (SSSR count). The normalized spacial score (nSPS) is 10.6. The average Bonchev–Trinajstić information content (AvgIpc) is 2.44. The van der Waals surface area contributed by atoms with Crippen LogP contribution in [-0.2, 0) is 7.05 Å². The van der Waals surface area contributed by atoms with Crippen LogP contribution in [0.3, 0.4) is 0 Å². The van der Waals surface area contributed by atoms with E-state index in [1.807, 2.05) is 0 Å². The summed E-state index contributed by atoms with van der Waals surface area (Å²) >= 11 is 5.77. The van der Waals surface area contributed by atoms with Crippen LogP contribution in [0.5, 0.6) is 0 Å². The van der Waals surface area contributed by atoms with Crippen LogP contribution in [0, 0.1) is 12.7 Å². The summed E-state index contributed by atoms with van der Waals surface area (Å²) in [6, 6.07) is 4.20. The van der Waals surface area contributed by atoms with E-state index in [0.717, 1.165) is 5.69 Å². The summed E-state index contributed by atoms with van der Waals surface area (Å²) in [5.74, 6) is 0.210. The lowest BCUT2D eigenvalue weighted by Crippen LogP contribution is -2.01. The molecule has 1 aromatic heterocycles. The molecule has 0 fully saturated rings. The zero-order valence-electron chi connectivity index (χ0n) is 9.46. The van der Waals surface area contributed by atoms with Crippen molar-refractivity contribution in [3.05, 3.63) is 34.7 Å². The fourth-order valence-corrected chi connectivity index (χ4v) is 1.81. The third-order valence-corrected chi connectivity index (χ3v) is 2.61. The van der Waals surface area contributed by atoms with Gasteiger partial charge in [0.2, 0.25) is 0 Å². The van der Waals surface area contributed by atoms with Gasteiger partial charge in [-0.15, -0.1) is 0 Å². The molecule has 0 unspecified atom stereocenters. The molecule has 6 heteroatoms. The Balaban J connectivity index is 2.37. The third-order valence-electron chi connectivity index (χ3n) is 2.39. The Bertz CT molecular complexity index is 545. The summed E-state index contributed by atoms with van der Waals surface area (Å²) in [4.78, 5) is 0. The second-order valence-electron chi connectivity index (χ2n) is 3.75. The summed E-state index contributed by atoms with van der Waals surface area (Å²) in [7, 11) is 1.76. The van der Waals surface area contributed by atoms with E-state index < -0.39 is 5.82 Å². The van der Waals surface area contributed by atoms with Crippen LogP contribution in [0.25, 0.3) is 0 Å². The SMILES string of the molecule is Cc1nn(C)c(Nc2cc(F)cc(Cl)c2)c1N. The molecule has 0 amide bonds. The fraction of sp³-hybridized carbons (Fsp3) is 0.182. The Hall–Kier alpha value is -1.75. The fourth-order valence-electron chi connectivity index (χ4n) is 1.59. The van der Waals surface area contributed by atoms with Crippen molar-refractivity contribution in [2.75, 3.05) is 11.1 Å². The lowest BCUT2D eigenvalue weighted by atomic mass is 10.3. The van der Waals surface area contributed by atoms with Crippen molar-refractivity contribution < 1.29 is 4.39 Å². The van der Waals surface area contributed by atoms with Crippen molar-refractivity contribution in [3.8, 4) is 0 Å². The van der Waals surface area contributed by atoms with Gasteiger partial charge < -0.3 is 11.1 Å². The molecule has 0 saturated heterocycles. The van der Waals surface area contributed by atoms with Gasteiger partial charge >= 0.3 is 0 Å². The van der Waals surface area contributed by atoms with Gasteiger partial charge in [0.1, 0.15) is 5.82 Å². The molecule has 0 aliphatic heterocycles. The number of hydrogen-bond donors (Lipinski definition) is 2. The average molecular weight is 255 g/mol. The second-order valence-corrected chi connectivity index (χ2v) is 4.19. The van der Waals surface area contributed by atoms with Gasteiger partial charge in [0.25, 0.3) is 0 Å². The van der Waals surface area contributed by atoms with Gasteiger partial charge in [0.15, 0.2) is 5.82 Å². The van der Waals surface area contributed by atoms with Crippen molar-refractivity contribution >= 4 is 28.8 Å². The molecule has 4 nitrogen and oxygen atoms in total. The van der Waals surface area contributed by atoms with E-state index in [1.54, 1.807) is 24.7 Å². The Labute approximate surface area is 103 Å². The van der Waals surface area contributed by atoms with Crippen molar-refractivity contribution in [1.29, 1.82) is 0 Å². The molecule has 90 valence electrons. The molecule has 0 aliphatic carbocycles. The van der Waals surface area contributed by atoms with Gasteiger partial charge in [-0.05, 0) is 25.1 Å². The topological polar surface area (TPSA) is 55.9 Å². The smallest absolute Gasteiger partial charge is 0.152 e. The maximum atomic E-state index is 13.2. The Kier molecular flexibility index (Phi) is 2.93. The number of hydrogen-bond acceptors (Lipinski definition) is 3. The minimum Gasteiger partial charge on any atom is -0.394 e. The Morgan fingerprint density at radius 3 is 2.65 bits per heavy atom. The lowest BCUT2D eigenvalue weighted by molar-refractivity contribution is 0.628. The van der Waals surface area contributed by atoms with Crippen LogP contribution in [0.4, 0.5) is 21.6 Å². The summed E-state index contributed by atoms with van der Waals surface area (Å²) in [6.07, 6.45) is 0. The number of anilines is 3. The maximum absolute atomic E-state index is 13.2. The number of nitrogen functional groups attached to an aromatic ring is 1. The van der Waals surface area contributed by atoms with E-state index in [9.17, 15) is 4.39 Å². The maximum Gasteiger partial charge on any atom is 0.152 e. The molecule has 17 heavy (non-hydrogen) atoms. The molecule has 3 N–H and O–H groups in total. The highest BCUT2D eigenvalue weighted by molar-refractivity contribution is 6.30. The van der Waals surface area contributed by atoms with Crippen molar-refractivity contribution in [1.82, 2.24) is 9.78 Å². The lowest BCUT2D eigenvalue weighted by Gasteiger charge is -2.08. The number of nitrogens with zero attached hydrogens (tertiary/aromatic N) is 2. The largest absolute Gasteiger partial charge is 0.394 e. The number of aryl methyl sites for hydroxylation is 2. The van der Waals surface area contributed by atoms with Crippen LogP contribution >= 0.6 is 11.6 Å². The Morgan fingerprint density at radius 1 is 1.41 bits per heavy atom. The number of nitrogens with two attached hydrogens (primary N) is 1. The van der Waals surface area contributed by atoms with Gasteiger partial charge in [-0.1, -0.05) is 11.6 Å². The van der Waals surface area contributed by atoms with Crippen LogP contribution < -0.4 is 11.1 Å². The van der Waals surface area contributed by atoms with Crippen molar-refractivity contribution in [2.45, 2.75) is 6.92 Å². The molecule has 0 aliphatic rings. The number of halogens is 2.